The van der Waals surface area contributed by atoms with Gasteiger partial charge in [-0.25, -0.2) is 0 Å². The van der Waals surface area contributed by atoms with Gasteiger partial charge in [0.2, 0.25) is 0 Å². The number of carbonyl (C=O) groups excluding carboxylic acids is 2. The maximum atomic E-state index is 12.3. The Bertz CT molecular complexity index is 923. The molecule has 0 saturated heterocycles. The largest absolute Gasteiger partial charge is 0.497 e. The molecule has 2 N–H and O–H groups in total. The maximum Gasteiger partial charge on any atom is 0.262 e. The number of para-hydroxylation sites is 1. The number of ether oxygens (including phenoxy) is 2. The first kappa shape index (κ1) is 19.0. The first-order valence-electron chi connectivity index (χ1n) is 8.67. The minimum atomic E-state index is -0.257. The third-order valence-electron chi connectivity index (χ3n) is 3.89. The quantitative estimate of drug-likeness (QED) is 0.654. The van der Waals surface area contributed by atoms with Crippen LogP contribution in [0.2, 0.25) is 0 Å². The summed E-state index contributed by atoms with van der Waals surface area (Å²) in [5, 5.41) is 5.55. The molecule has 6 nitrogen and oxygen atoms in total. The van der Waals surface area contributed by atoms with E-state index in [1.54, 1.807) is 67.8 Å². The van der Waals surface area contributed by atoms with Gasteiger partial charge in [0.05, 0.1) is 7.11 Å². The van der Waals surface area contributed by atoms with Gasteiger partial charge < -0.3 is 20.1 Å². The Balaban J connectivity index is 1.51. The van der Waals surface area contributed by atoms with Gasteiger partial charge in [-0.1, -0.05) is 18.2 Å². The molecule has 2 amide bonds. The summed E-state index contributed by atoms with van der Waals surface area (Å²) in [7, 11) is 1.59. The Morgan fingerprint density at radius 3 is 2.00 bits per heavy atom. The van der Waals surface area contributed by atoms with Crippen molar-refractivity contribution in [3.63, 3.8) is 0 Å². The predicted octanol–water partition coefficient (Wildman–Crippen LogP) is 3.97. The molecule has 0 saturated carbocycles. The fraction of sp³-hybridized carbons (Fsp3) is 0.0909. The minimum Gasteiger partial charge on any atom is -0.497 e. The van der Waals surface area contributed by atoms with Crippen molar-refractivity contribution in [3.05, 3.63) is 84.4 Å². The first-order chi connectivity index (χ1) is 13.6. The van der Waals surface area contributed by atoms with Crippen LogP contribution in [0.25, 0.3) is 0 Å². The molecule has 0 spiro atoms. The van der Waals surface area contributed by atoms with E-state index in [2.05, 4.69) is 10.6 Å². The van der Waals surface area contributed by atoms with E-state index in [-0.39, 0.29) is 18.4 Å². The normalized spacial score (nSPS) is 10.0. The van der Waals surface area contributed by atoms with Gasteiger partial charge in [0.1, 0.15) is 11.5 Å². The molecule has 0 atom stereocenters. The van der Waals surface area contributed by atoms with E-state index in [0.717, 1.165) is 5.75 Å². The van der Waals surface area contributed by atoms with Crippen molar-refractivity contribution in [2.24, 2.45) is 0 Å². The second-order valence-electron chi connectivity index (χ2n) is 5.91. The van der Waals surface area contributed by atoms with E-state index in [4.69, 9.17) is 9.47 Å². The zero-order chi connectivity index (χ0) is 19.8. The molecule has 28 heavy (non-hydrogen) atoms. The molecule has 0 unspecified atom stereocenters. The molecule has 0 bridgehead atoms. The van der Waals surface area contributed by atoms with Gasteiger partial charge in [0.25, 0.3) is 11.8 Å². The molecule has 0 aliphatic heterocycles. The average Bonchev–Trinajstić information content (AvgIpc) is 2.74. The molecular formula is C22H20N2O4. The predicted molar refractivity (Wildman–Crippen MR) is 108 cm³/mol. The summed E-state index contributed by atoms with van der Waals surface area (Å²) in [6, 6.07) is 22.8. The zero-order valence-electron chi connectivity index (χ0n) is 15.3. The second-order valence-corrected chi connectivity index (χ2v) is 5.91. The number of methoxy groups -OCH3 is 1. The number of amides is 2. The second kappa shape index (κ2) is 9.23. The number of anilines is 2. The van der Waals surface area contributed by atoms with Crippen molar-refractivity contribution in [3.8, 4) is 11.5 Å². The van der Waals surface area contributed by atoms with Gasteiger partial charge in [0, 0.05) is 16.9 Å². The molecule has 6 heteroatoms. The number of hydrogen-bond acceptors (Lipinski definition) is 4. The Morgan fingerprint density at radius 2 is 1.36 bits per heavy atom. The van der Waals surface area contributed by atoms with Crippen molar-refractivity contribution in [1.29, 1.82) is 0 Å². The van der Waals surface area contributed by atoms with Crippen molar-refractivity contribution < 1.29 is 19.1 Å². The van der Waals surface area contributed by atoms with Gasteiger partial charge in [-0.3, -0.25) is 9.59 Å². The Morgan fingerprint density at radius 1 is 0.750 bits per heavy atom. The van der Waals surface area contributed by atoms with Crippen LogP contribution in [0.3, 0.4) is 0 Å². The topological polar surface area (TPSA) is 76.7 Å². The van der Waals surface area contributed by atoms with E-state index in [9.17, 15) is 9.59 Å². The fourth-order valence-electron chi connectivity index (χ4n) is 2.45. The zero-order valence-corrected chi connectivity index (χ0v) is 15.3. The third kappa shape index (κ3) is 5.35. The molecule has 0 radical (unpaired) electrons. The highest BCUT2D eigenvalue weighted by Crippen LogP contribution is 2.17. The molecule has 3 rings (SSSR count). The van der Waals surface area contributed by atoms with Gasteiger partial charge in [-0.05, 0) is 60.7 Å². The molecule has 0 heterocycles. The van der Waals surface area contributed by atoms with Crippen LogP contribution in [0.15, 0.2) is 78.9 Å². The Kier molecular flexibility index (Phi) is 6.25. The number of benzene rings is 3. The lowest BCUT2D eigenvalue weighted by Crippen LogP contribution is -2.20. The van der Waals surface area contributed by atoms with Gasteiger partial charge >= 0.3 is 0 Å². The fourth-order valence-corrected chi connectivity index (χ4v) is 2.45. The van der Waals surface area contributed by atoms with E-state index in [0.29, 0.717) is 22.7 Å². The number of hydrogen-bond donors (Lipinski definition) is 2. The molecule has 3 aromatic rings. The smallest absolute Gasteiger partial charge is 0.262 e. The highest BCUT2D eigenvalue weighted by atomic mass is 16.5. The van der Waals surface area contributed by atoms with E-state index < -0.39 is 0 Å². The van der Waals surface area contributed by atoms with Crippen molar-refractivity contribution in [1.82, 2.24) is 0 Å². The first-order valence-corrected chi connectivity index (χ1v) is 8.67. The summed E-state index contributed by atoms with van der Waals surface area (Å²) < 4.78 is 10.6. The molecule has 142 valence electrons. The molecule has 0 aliphatic rings. The third-order valence-corrected chi connectivity index (χ3v) is 3.89. The van der Waals surface area contributed by atoms with Crippen LogP contribution in [0.4, 0.5) is 11.4 Å². The number of nitrogens with one attached hydrogen (secondary N) is 2. The standard InChI is InChI=1S/C22H20N2O4/c1-27-19-13-9-18(10-14-19)24-22(26)16-7-11-20(12-8-16)28-15-21(25)23-17-5-3-2-4-6-17/h2-14H,15H2,1H3,(H,23,25)(H,24,26). The van der Waals surface area contributed by atoms with Crippen LogP contribution in [0.5, 0.6) is 11.5 Å². The lowest BCUT2D eigenvalue weighted by molar-refractivity contribution is -0.118. The Hall–Kier alpha value is -3.80. The van der Waals surface area contributed by atoms with Crippen LogP contribution >= 0.6 is 0 Å². The monoisotopic (exact) mass is 376 g/mol. The van der Waals surface area contributed by atoms with E-state index in [1.807, 2.05) is 18.2 Å². The summed E-state index contributed by atoms with van der Waals surface area (Å²) in [6.07, 6.45) is 0. The number of carbonyl (C=O) groups is 2. The molecular weight excluding hydrogens is 356 g/mol. The highest BCUT2D eigenvalue weighted by molar-refractivity contribution is 6.04. The van der Waals surface area contributed by atoms with Crippen LogP contribution in [-0.4, -0.2) is 25.5 Å². The van der Waals surface area contributed by atoms with E-state index >= 15 is 0 Å². The molecule has 0 aliphatic carbocycles. The lowest BCUT2D eigenvalue weighted by Gasteiger charge is -2.09. The Labute approximate surface area is 163 Å². The minimum absolute atomic E-state index is 0.119. The highest BCUT2D eigenvalue weighted by Gasteiger charge is 2.08. The summed E-state index contributed by atoms with van der Waals surface area (Å²) in [6.45, 7) is -0.119. The number of rotatable bonds is 7. The lowest BCUT2D eigenvalue weighted by atomic mass is 10.2. The van der Waals surface area contributed by atoms with Gasteiger partial charge in [-0.2, -0.15) is 0 Å². The van der Waals surface area contributed by atoms with Crippen molar-refractivity contribution in [2.75, 3.05) is 24.4 Å². The van der Waals surface area contributed by atoms with E-state index in [1.165, 1.54) is 0 Å². The average molecular weight is 376 g/mol. The SMILES string of the molecule is COc1ccc(NC(=O)c2ccc(OCC(=O)Nc3ccccc3)cc2)cc1. The van der Waals surface area contributed by atoms with Gasteiger partial charge in [0.15, 0.2) is 6.61 Å². The van der Waals surface area contributed by atoms with Crippen LogP contribution in [0.1, 0.15) is 10.4 Å². The van der Waals surface area contributed by atoms with Crippen molar-refractivity contribution in [2.45, 2.75) is 0 Å². The summed E-state index contributed by atoms with van der Waals surface area (Å²) in [5.74, 6) is 0.728. The van der Waals surface area contributed by atoms with Crippen LogP contribution in [-0.2, 0) is 4.79 Å². The summed E-state index contributed by atoms with van der Waals surface area (Å²) in [5.41, 5.74) is 1.86. The summed E-state index contributed by atoms with van der Waals surface area (Å²) >= 11 is 0. The molecule has 3 aromatic carbocycles. The van der Waals surface area contributed by atoms with Crippen molar-refractivity contribution >= 4 is 23.2 Å². The molecule has 0 fully saturated rings. The van der Waals surface area contributed by atoms with Gasteiger partial charge in [-0.15, -0.1) is 0 Å². The van der Waals surface area contributed by atoms with Crippen LogP contribution in [0, 0.1) is 0 Å². The maximum absolute atomic E-state index is 12.3. The molecule has 0 aromatic heterocycles. The van der Waals surface area contributed by atoms with Crippen LogP contribution < -0.4 is 20.1 Å². The summed E-state index contributed by atoms with van der Waals surface area (Å²) in [4.78, 5) is 24.2.